The second-order valence-corrected chi connectivity index (χ2v) is 6.73. The highest BCUT2D eigenvalue weighted by molar-refractivity contribution is 7.17. The minimum Gasteiger partial charge on any atom is -0.187 e. The van der Waals surface area contributed by atoms with Crippen LogP contribution in [-0.4, -0.2) is 19.8 Å². The van der Waals surface area contributed by atoms with Crippen LogP contribution in [0.1, 0.15) is 21.3 Å². The normalized spacial score (nSPS) is 11.6. The predicted molar refractivity (Wildman–Crippen MR) is 91.2 cm³/mol. The fourth-order valence-electron chi connectivity index (χ4n) is 2.17. The van der Waals surface area contributed by atoms with Gasteiger partial charge in [-0.05, 0) is 29.2 Å². The molecule has 0 aliphatic heterocycles. The second kappa shape index (κ2) is 5.82. The van der Waals surface area contributed by atoms with E-state index in [1.54, 1.807) is 22.7 Å². The van der Waals surface area contributed by atoms with E-state index in [-0.39, 0.29) is 0 Å². The molecule has 0 amide bonds. The van der Waals surface area contributed by atoms with Crippen LogP contribution in [0.25, 0.3) is 17.1 Å². The Kier molecular flexibility index (Phi) is 3.54. The van der Waals surface area contributed by atoms with E-state index < -0.39 is 0 Å². The Balaban J connectivity index is 1.62. The number of hydrogen-bond donors (Lipinski definition) is 0. The lowest BCUT2D eigenvalue weighted by Gasteiger charge is -1.96. The fraction of sp³-hybridized carbons (Fsp3) is 0.0625. The zero-order valence-corrected chi connectivity index (χ0v) is 13.2. The van der Waals surface area contributed by atoms with E-state index in [1.807, 2.05) is 34.9 Å². The van der Waals surface area contributed by atoms with Crippen molar-refractivity contribution >= 4 is 39.8 Å². The molecule has 0 aliphatic carbocycles. The van der Waals surface area contributed by atoms with Crippen LogP contribution < -0.4 is 0 Å². The molecule has 0 bridgehead atoms. The van der Waals surface area contributed by atoms with Crippen molar-refractivity contribution in [3.63, 3.8) is 0 Å². The van der Waals surface area contributed by atoms with Gasteiger partial charge >= 0.3 is 0 Å². The van der Waals surface area contributed by atoms with E-state index >= 15 is 0 Å². The number of rotatable bonds is 4. The standard InChI is InChI=1S/C16H12N4S2/c1-2-5-12(6-3-1)11-14-17-18-16-20(14)19-15(22-16)9-8-13-7-4-10-21-13/h1-10H,11H2/b9-8+. The average molecular weight is 324 g/mol. The molecular formula is C16H12N4S2. The van der Waals surface area contributed by atoms with Crippen molar-refractivity contribution in [2.24, 2.45) is 0 Å². The van der Waals surface area contributed by atoms with Crippen LogP contribution in [0.3, 0.4) is 0 Å². The zero-order chi connectivity index (χ0) is 14.8. The number of aromatic nitrogens is 4. The maximum absolute atomic E-state index is 4.60. The Bertz CT molecular complexity index is 904. The molecule has 0 atom stereocenters. The minimum atomic E-state index is 0.736. The molecule has 0 spiro atoms. The van der Waals surface area contributed by atoms with E-state index in [0.29, 0.717) is 0 Å². The quantitative estimate of drug-likeness (QED) is 0.570. The van der Waals surface area contributed by atoms with Crippen molar-refractivity contribution in [2.45, 2.75) is 6.42 Å². The van der Waals surface area contributed by atoms with Gasteiger partial charge in [0.05, 0.1) is 0 Å². The van der Waals surface area contributed by atoms with Crippen molar-refractivity contribution in [1.82, 2.24) is 19.8 Å². The molecular weight excluding hydrogens is 312 g/mol. The maximum atomic E-state index is 4.60. The van der Waals surface area contributed by atoms with Crippen LogP contribution in [-0.2, 0) is 6.42 Å². The van der Waals surface area contributed by atoms with Gasteiger partial charge in [-0.25, -0.2) is 0 Å². The van der Waals surface area contributed by atoms with E-state index in [0.717, 1.165) is 22.2 Å². The van der Waals surface area contributed by atoms with Crippen LogP contribution in [0.2, 0.25) is 0 Å². The lowest BCUT2D eigenvalue weighted by Crippen LogP contribution is -1.97. The summed E-state index contributed by atoms with van der Waals surface area (Å²) in [6, 6.07) is 14.4. The molecule has 1 aromatic carbocycles. The van der Waals surface area contributed by atoms with Gasteiger partial charge in [0, 0.05) is 11.3 Å². The van der Waals surface area contributed by atoms with Gasteiger partial charge in [-0.1, -0.05) is 47.7 Å². The van der Waals surface area contributed by atoms with E-state index in [9.17, 15) is 0 Å². The molecule has 0 unspecified atom stereocenters. The molecule has 4 nitrogen and oxygen atoms in total. The van der Waals surface area contributed by atoms with Crippen molar-refractivity contribution in [1.29, 1.82) is 0 Å². The molecule has 108 valence electrons. The monoisotopic (exact) mass is 324 g/mol. The molecule has 3 heterocycles. The first-order chi connectivity index (χ1) is 10.9. The predicted octanol–water partition coefficient (Wildman–Crippen LogP) is 4.01. The van der Waals surface area contributed by atoms with Gasteiger partial charge in [-0.15, -0.1) is 21.5 Å². The minimum absolute atomic E-state index is 0.736. The van der Waals surface area contributed by atoms with Gasteiger partial charge in [0.15, 0.2) is 5.82 Å². The summed E-state index contributed by atoms with van der Waals surface area (Å²) < 4.78 is 1.84. The van der Waals surface area contributed by atoms with Crippen LogP contribution in [0.4, 0.5) is 0 Å². The SMILES string of the molecule is C(=C\c1nn2c(Cc3ccccc3)nnc2s1)/c1cccs1. The van der Waals surface area contributed by atoms with Gasteiger partial charge in [-0.3, -0.25) is 0 Å². The van der Waals surface area contributed by atoms with E-state index in [2.05, 4.69) is 45.0 Å². The summed E-state index contributed by atoms with van der Waals surface area (Å²) in [6.07, 6.45) is 4.84. The molecule has 22 heavy (non-hydrogen) atoms. The first-order valence-electron chi connectivity index (χ1n) is 6.85. The van der Waals surface area contributed by atoms with E-state index in [4.69, 9.17) is 0 Å². The Morgan fingerprint density at radius 3 is 2.73 bits per heavy atom. The van der Waals surface area contributed by atoms with Crippen molar-refractivity contribution in [3.05, 3.63) is 69.1 Å². The van der Waals surface area contributed by atoms with Crippen LogP contribution in [0.5, 0.6) is 0 Å². The Hall–Kier alpha value is -2.31. The Labute approximate surface area is 135 Å². The van der Waals surface area contributed by atoms with Crippen molar-refractivity contribution in [3.8, 4) is 0 Å². The van der Waals surface area contributed by atoms with Crippen molar-refractivity contribution < 1.29 is 0 Å². The van der Waals surface area contributed by atoms with Crippen LogP contribution in [0, 0.1) is 0 Å². The third-order valence-electron chi connectivity index (χ3n) is 3.21. The van der Waals surface area contributed by atoms with Gasteiger partial charge in [0.2, 0.25) is 4.96 Å². The Morgan fingerprint density at radius 1 is 1.00 bits per heavy atom. The van der Waals surface area contributed by atoms with Gasteiger partial charge in [0.1, 0.15) is 5.01 Å². The number of benzene rings is 1. The summed E-state index contributed by atoms with van der Waals surface area (Å²) in [5, 5.41) is 16.1. The lowest BCUT2D eigenvalue weighted by molar-refractivity contribution is 0.848. The number of hydrogen-bond acceptors (Lipinski definition) is 5. The number of nitrogens with zero attached hydrogens (tertiary/aromatic N) is 4. The van der Waals surface area contributed by atoms with Gasteiger partial charge in [-0.2, -0.15) is 9.61 Å². The molecule has 0 saturated heterocycles. The maximum Gasteiger partial charge on any atom is 0.234 e. The average Bonchev–Trinajstić information content (AvgIpc) is 3.25. The topological polar surface area (TPSA) is 43.1 Å². The zero-order valence-electron chi connectivity index (χ0n) is 11.6. The first-order valence-corrected chi connectivity index (χ1v) is 8.55. The summed E-state index contributed by atoms with van der Waals surface area (Å²) in [4.78, 5) is 2.05. The summed E-state index contributed by atoms with van der Waals surface area (Å²) in [5.41, 5.74) is 1.21. The van der Waals surface area contributed by atoms with E-state index in [1.165, 1.54) is 10.4 Å². The molecule has 4 rings (SSSR count). The largest absolute Gasteiger partial charge is 0.234 e. The van der Waals surface area contributed by atoms with Gasteiger partial charge in [0.25, 0.3) is 0 Å². The highest BCUT2D eigenvalue weighted by Gasteiger charge is 2.10. The molecule has 0 radical (unpaired) electrons. The van der Waals surface area contributed by atoms with Crippen LogP contribution in [0.15, 0.2) is 47.8 Å². The van der Waals surface area contributed by atoms with Crippen LogP contribution >= 0.6 is 22.7 Å². The highest BCUT2D eigenvalue weighted by Crippen LogP contribution is 2.19. The summed E-state index contributed by atoms with van der Waals surface area (Å²) >= 11 is 3.26. The molecule has 3 aromatic heterocycles. The molecule has 4 aromatic rings. The fourth-order valence-corrected chi connectivity index (χ4v) is 3.55. The molecule has 0 N–H and O–H groups in total. The lowest BCUT2D eigenvalue weighted by atomic mass is 10.1. The summed E-state index contributed by atoms with van der Waals surface area (Å²) in [6.45, 7) is 0. The molecule has 0 fully saturated rings. The second-order valence-electron chi connectivity index (χ2n) is 4.76. The summed E-state index contributed by atoms with van der Waals surface area (Å²) in [5.74, 6) is 0.869. The van der Waals surface area contributed by atoms with Gasteiger partial charge < -0.3 is 0 Å². The summed E-state index contributed by atoms with van der Waals surface area (Å²) in [7, 11) is 0. The smallest absolute Gasteiger partial charge is 0.187 e. The molecule has 6 heteroatoms. The molecule has 0 aliphatic rings. The molecule has 0 saturated carbocycles. The first kappa shape index (κ1) is 13.4. The van der Waals surface area contributed by atoms with Crippen molar-refractivity contribution in [2.75, 3.05) is 0 Å². The Morgan fingerprint density at radius 2 is 1.91 bits per heavy atom. The number of thiophene rings is 1. The third-order valence-corrected chi connectivity index (χ3v) is 4.91. The third kappa shape index (κ3) is 2.70. The highest BCUT2D eigenvalue weighted by atomic mass is 32.1. The number of fused-ring (bicyclic) bond motifs is 1.